The second kappa shape index (κ2) is 6.08. The van der Waals surface area contributed by atoms with Gasteiger partial charge in [-0.15, -0.1) is 0 Å². The normalized spacial score (nSPS) is 9.90. The molecule has 0 saturated heterocycles. The van der Waals surface area contributed by atoms with Gasteiger partial charge in [-0.2, -0.15) is 5.26 Å². The molecule has 2 aromatic carbocycles. The maximum atomic E-state index is 12.1. The fraction of sp³-hybridized carbons (Fsp3) is 0.0667. The van der Waals surface area contributed by atoms with Crippen molar-refractivity contribution >= 4 is 39.1 Å². The molecule has 0 saturated carbocycles. The average molecular weight is 350 g/mol. The molecule has 0 spiro atoms. The summed E-state index contributed by atoms with van der Waals surface area (Å²) in [6.07, 6.45) is 0. The molecule has 0 aliphatic carbocycles. The van der Waals surface area contributed by atoms with Gasteiger partial charge >= 0.3 is 0 Å². The number of benzene rings is 2. The number of anilines is 1. The topological polar surface area (TPSA) is 52.9 Å². The van der Waals surface area contributed by atoms with Gasteiger partial charge in [0, 0.05) is 15.7 Å². The number of aryl methyl sites for hydroxylation is 1. The first-order chi connectivity index (χ1) is 9.51. The molecule has 0 radical (unpaired) electrons. The van der Waals surface area contributed by atoms with E-state index in [0.717, 1.165) is 10.0 Å². The molecule has 0 unspecified atom stereocenters. The van der Waals surface area contributed by atoms with Crippen molar-refractivity contribution < 1.29 is 4.79 Å². The third-order valence-corrected chi connectivity index (χ3v) is 3.98. The molecule has 1 amide bonds. The Morgan fingerprint density at radius 3 is 2.70 bits per heavy atom. The quantitative estimate of drug-likeness (QED) is 0.865. The highest BCUT2D eigenvalue weighted by Gasteiger charge is 2.09. The molecule has 0 heterocycles. The Morgan fingerprint density at radius 2 is 2.05 bits per heavy atom. The van der Waals surface area contributed by atoms with E-state index in [0.29, 0.717) is 21.8 Å². The monoisotopic (exact) mass is 348 g/mol. The highest BCUT2D eigenvalue weighted by atomic mass is 79.9. The van der Waals surface area contributed by atoms with Crippen molar-refractivity contribution in [2.45, 2.75) is 6.92 Å². The number of rotatable bonds is 2. The van der Waals surface area contributed by atoms with Gasteiger partial charge in [-0.1, -0.05) is 27.5 Å². The third-order valence-electron chi connectivity index (χ3n) is 2.76. The lowest BCUT2D eigenvalue weighted by atomic mass is 10.1. The number of carbonyl (C=O) groups is 1. The van der Waals surface area contributed by atoms with Crippen molar-refractivity contribution in [1.82, 2.24) is 0 Å². The average Bonchev–Trinajstić information content (AvgIpc) is 2.43. The molecule has 0 fully saturated rings. The first kappa shape index (κ1) is 14.6. The van der Waals surface area contributed by atoms with Gasteiger partial charge in [-0.05, 0) is 48.9 Å². The van der Waals surface area contributed by atoms with Crippen molar-refractivity contribution in [3.63, 3.8) is 0 Å². The van der Waals surface area contributed by atoms with E-state index in [1.54, 1.807) is 30.3 Å². The summed E-state index contributed by atoms with van der Waals surface area (Å²) in [4.78, 5) is 12.1. The van der Waals surface area contributed by atoms with Crippen molar-refractivity contribution in [3.8, 4) is 6.07 Å². The maximum absolute atomic E-state index is 12.1. The van der Waals surface area contributed by atoms with Gasteiger partial charge in [0.2, 0.25) is 0 Å². The summed E-state index contributed by atoms with van der Waals surface area (Å²) in [5.74, 6) is -0.230. The van der Waals surface area contributed by atoms with Gasteiger partial charge in [0.25, 0.3) is 5.91 Å². The number of nitriles is 1. The molecule has 100 valence electrons. The zero-order chi connectivity index (χ0) is 14.7. The Balaban J connectivity index is 2.23. The smallest absolute Gasteiger partial charge is 0.255 e. The van der Waals surface area contributed by atoms with Crippen LogP contribution >= 0.6 is 27.5 Å². The molecule has 0 aliphatic heterocycles. The second-order valence-corrected chi connectivity index (χ2v) is 5.49. The Hall–Kier alpha value is -1.83. The summed E-state index contributed by atoms with van der Waals surface area (Å²) in [6.45, 7) is 1.91. The van der Waals surface area contributed by atoms with Crippen LogP contribution in [-0.2, 0) is 0 Å². The number of nitrogens with one attached hydrogen (secondary N) is 1. The number of halogens is 2. The lowest BCUT2D eigenvalue weighted by Gasteiger charge is -2.07. The van der Waals surface area contributed by atoms with Crippen LogP contribution in [0.4, 0.5) is 5.69 Å². The van der Waals surface area contributed by atoms with Crippen LogP contribution in [0.2, 0.25) is 5.02 Å². The van der Waals surface area contributed by atoms with Crippen LogP contribution in [0.5, 0.6) is 0 Å². The minimum atomic E-state index is -0.230. The number of nitrogens with zero attached hydrogens (tertiary/aromatic N) is 1. The summed E-state index contributed by atoms with van der Waals surface area (Å²) in [7, 11) is 0. The fourth-order valence-electron chi connectivity index (χ4n) is 1.68. The summed E-state index contributed by atoms with van der Waals surface area (Å²) < 4.78 is 0.951. The van der Waals surface area contributed by atoms with E-state index < -0.39 is 0 Å². The number of hydrogen-bond donors (Lipinski definition) is 1. The maximum Gasteiger partial charge on any atom is 0.255 e. The number of hydrogen-bond acceptors (Lipinski definition) is 2. The third kappa shape index (κ3) is 3.19. The van der Waals surface area contributed by atoms with Gasteiger partial charge < -0.3 is 5.32 Å². The van der Waals surface area contributed by atoms with Crippen LogP contribution in [-0.4, -0.2) is 5.91 Å². The molecule has 0 bridgehead atoms. The first-order valence-corrected chi connectivity index (χ1v) is 6.95. The molecule has 2 rings (SSSR count). The van der Waals surface area contributed by atoms with E-state index in [2.05, 4.69) is 21.2 Å². The van der Waals surface area contributed by atoms with Crippen LogP contribution in [0.3, 0.4) is 0 Å². The van der Waals surface area contributed by atoms with Crippen LogP contribution < -0.4 is 5.32 Å². The lowest BCUT2D eigenvalue weighted by Crippen LogP contribution is -2.12. The van der Waals surface area contributed by atoms with Crippen molar-refractivity contribution in [1.29, 1.82) is 5.26 Å². The minimum absolute atomic E-state index is 0.230. The number of carbonyl (C=O) groups excluding carboxylic acids is 1. The summed E-state index contributed by atoms with van der Waals surface area (Å²) in [5, 5.41) is 12.0. The van der Waals surface area contributed by atoms with Gasteiger partial charge in [0.1, 0.15) is 6.07 Å². The Morgan fingerprint density at radius 1 is 1.30 bits per heavy atom. The fourth-order valence-corrected chi connectivity index (χ4v) is 2.08. The highest BCUT2D eigenvalue weighted by molar-refractivity contribution is 9.10. The standard InChI is InChI=1S/C15H10BrClN2O/c1-9-6-10(2-4-13(9)16)15(20)19-12-3-5-14(17)11(7-12)8-18/h2-7H,1H3,(H,19,20). The zero-order valence-electron chi connectivity index (χ0n) is 10.6. The van der Waals surface area contributed by atoms with Crippen molar-refractivity contribution in [3.05, 3.63) is 62.6 Å². The van der Waals surface area contributed by atoms with Crippen molar-refractivity contribution in [2.24, 2.45) is 0 Å². The molecule has 0 aliphatic rings. The molecule has 20 heavy (non-hydrogen) atoms. The predicted octanol–water partition coefficient (Wildman–Crippen LogP) is 4.53. The van der Waals surface area contributed by atoms with E-state index in [9.17, 15) is 4.79 Å². The molecular formula is C15H10BrClN2O. The van der Waals surface area contributed by atoms with E-state index in [4.69, 9.17) is 16.9 Å². The van der Waals surface area contributed by atoms with E-state index in [1.807, 2.05) is 19.1 Å². The summed E-state index contributed by atoms with van der Waals surface area (Å²) in [5.41, 5.74) is 2.40. The lowest BCUT2D eigenvalue weighted by molar-refractivity contribution is 0.102. The molecular weight excluding hydrogens is 340 g/mol. The van der Waals surface area contributed by atoms with Gasteiger partial charge in [0.15, 0.2) is 0 Å². The Labute approximate surface area is 130 Å². The SMILES string of the molecule is Cc1cc(C(=O)Nc2ccc(Cl)c(C#N)c2)ccc1Br. The van der Waals surface area contributed by atoms with E-state index >= 15 is 0 Å². The first-order valence-electron chi connectivity index (χ1n) is 5.78. The second-order valence-electron chi connectivity index (χ2n) is 4.22. The van der Waals surface area contributed by atoms with Gasteiger partial charge in [-0.3, -0.25) is 4.79 Å². The highest BCUT2D eigenvalue weighted by Crippen LogP contribution is 2.21. The Kier molecular flexibility index (Phi) is 4.43. The molecule has 0 atom stereocenters. The van der Waals surface area contributed by atoms with Crippen LogP contribution in [0.1, 0.15) is 21.5 Å². The number of amides is 1. The molecule has 3 nitrogen and oxygen atoms in total. The summed E-state index contributed by atoms with van der Waals surface area (Å²) >= 11 is 9.24. The van der Waals surface area contributed by atoms with Crippen LogP contribution in [0.15, 0.2) is 40.9 Å². The molecule has 1 N–H and O–H groups in total. The summed E-state index contributed by atoms with van der Waals surface area (Å²) in [6, 6.07) is 12.1. The van der Waals surface area contributed by atoms with Crippen LogP contribution in [0.25, 0.3) is 0 Å². The predicted molar refractivity (Wildman–Crippen MR) is 83.0 cm³/mol. The zero-order valence-corrected chi connectivity index (χ0v) is 12.9. The Bertz CT molecular complexity index is 722. The largest absolute Gasteiger partial charge is 0.322 e. The van der Waals surface area contributed by atoms with E-state index in [1.165, 1.54) is 0 Å². The van der Waals surface area contributed by atoms with Crippen molar-refractivity contribution in [2.75, 3.05) is 5.32 Å². The molecule has 0 aromatic heterocycles. The van der Waals surface area contributed by atoms with E-state index in [-0.39, 0.29) is 5.91 Å². The van der Waals surface area contributed by atoms with Gasteiger partial charge in [0.05, 0.1) is 10.6 Å². The minimum Gasteiger partial charge on any atom is -0.322 e. The molecule has 5 heteroatoms. The molecule has 2 aromatic rings. The van der Waals surface area contributed by atoms with Crippen LogP contribution in [0, 0.1) is 18.3 Å². The van der Waals surface area contributed by atoms with Gasteiger partial charge in [-0.25, -0.2) is 0 Å².